The van der Waals surface area contributed by atoms with Crippen LogP contribution in [0.2, 0.25) is 0 Å². The first kappa shape index (κ1) is 15.9. The van der Waals surface area contributed by atoms with E-state index < -0.39 is 11.7 Å². The van der Waals surface area contributed by atoms with E-state index in [-0.39, 0.29) is 12.4 Å². The topological polar surface area (TPSA) is 27.1 Å². The fraction of sp³-hybridized carbons (Fsp3) is 0.357. The molecule has 0 atom stereocenters. The summed E-state index contributed by atoms with van der Waals surface area (Å²) < 4.78 is 46.1. The summed E-state index contributed by atoms with van der Waals surface area (Å²) in [5.74, 6) is -0.175. The highest BCUT2D eigenvalue weighted by molar-refractivity contribution is 9.08. The molecule has 0 aliphatic heterocycles. The molecule has 2 aromatic rings. The smallest absolute Gasteiger partial charge is 0.419 e. The lowest BCUT2D eigenvalue weighted by Gasteiger charge is -2.15. The highest BCUT2D eigenvalue weighted by Crippen LogP contribution is 2.37. The maximum Gasteiger partial charge on any atom is 0.419 e. The molecule has 21 heavy (non-hydrogen) atoms. The van der Waals surface area contributed by atoms with Crippen LogP contribution in [0.3, 0.4) is 0 Å². The van der Waals surface area contributed by atoms with Crippen molar-refractivity contribution in [1.82, 2.24) is 9.78 Å². The molecule has 2 rings (SSSR count). The van der Waals surface area contributed by atoms with E-state index in [0.29, 0.717) is 16.6 Å². The molecule has 1 aromatic heterocycles. The van der Waals surface area contributed by atoms with Gasteiger partial charge in [-0.1, -0.05) is 22.0 Å². The first-order chi connectivity index (χ1) is 9.81. The van der Waals surface area contributed by atoms with Gasteiger partial charge in [0.15, 0.2) is 0 Å². The summed E-state index contributed by atoms with van der Waals surface area (Å²) in [5, 5.41) is 4.49. The summed E-state index contributed by atoms with van der Waals surface area (Å²) in [7, 11) is 1.73. The minimum Gasteiger partial charge on any atom is -0.487 e. The van der Waals surface area contributed by atoms with Gasteiger partial charge in [-0.3, -0.25) is 4.68 Å². The van der Waals surface area contributed by atoms with Crippen molar-refractivity contribution in [3.63, 3.8) is 0 Å². The number of hydrogen-bond donors (Lipinski definition) is 0. The standard InChI is InChI=1S/C14H14BrF3N2O/c1-9-5-11(20(2)19-9)8-21-13-4-3-10(7-15)6-12(13)14(16,17)18/h3-6H,7-8H2,1-2H3. The van der Waals surface area contributed by atoms with Crippen molar-refractivity contribution in [2.75, 3.05) is 0 Å². The lowest BCUT2D eigenvalue weighted by molar-refractivity contribution is -0.139. The Hall–Kier alpha value is -1.50. The van der Waals surface area contributed by atoms with E-state index in [1.165, 1.54) is 6.07 Å². The second kappa shape index (κ2) is 6.09. The van der Waals surface area contributed by atoms with E-state index in [4.69, 9.17) is 4.74 Å². The average Bonchev–Trinajstić information content (AvgIpc) is 2.73. The Kier molecular flexibility index (Phi) is 4.61. The predicted molar refractivity (Wildman–Crippen MR) is 76.4 cm³/mol. The molecule has 1 aromatic carbocycles. The zero-order valence-electron chi connectivity index (χ0n) is 11.5. The lowest BCUT2D eigenvalue weighted by atomic mass is 10.1. The first-order valence-corrected chi connectivity index (χ1v) is 7.32. The Morgan fingerprint density at radius 3 is 2.52 bits per heavy atom. The number of ether oxygens (including phenoxy) is 1. The molecule has 0 bridgehead atoms. The van der Waals surface area contributed by atoms with Gasteiger partial charge in [-0.2, -0.15) is 18.3 Å². The van der Waals surface area contributed by atoms with E-state index >= 15 is 0 Å². The van der Waals surface area contributed by atoms with Gasteiger partial charge in [0.05, 0.1) is 17.0 Å². The van der Waals surface area contributed by atoms with Gasteiger partial charge in [0.2, 0.25) is 0 Å². The van der Waals surface area contributed by atoms with Gasteiger partial charge < -0.3 is 4.74 Å². The molecule has 0 fully saturated rings. The average molecular weight is 363 g/mol. The highest BCUT2D eigenvalue weighted by atomic mass is 79.9. The minimum absolute atomic E-state index is 0.0358. The number of hydrogen-bond acceptors (Lipinski definition) is 2. The summed E-state index contributed by atoms with van der Waals surface area (Å²) in [6.07, 6.45) is -4.45. The third-order valence-corrected chi connectivity index (χ3v) is 3.63. The second-order valence-electron chi connectivity index (χ2n) is 4.65. The number of rotatable bonds is 4. The van der Waals surface area contributed by atoms with Gasteiger partial charge in [0.1, 0.15) is 12.4 Å². The maximum atomic E-state index is 13.1. The van der Waals surface area contributed by atoms with Crippen molar-refractivity contribution in [2.24, 2.45) is 7.05 Å². The zero-order chi connectivity index (χ0) is 15.6. The van der Waals surface area contributed by atoms with Crippen molar-refractivity contribution in [3.05, 3.63) is 46.8 Å². The molecule has 7 heteroatoms. The van der Waals surface area contributed by atoms with Crippen molar-refractivity contribution < 1.29 is 17.9 Å². The summed E-state index contributed by atoms with van der Waals surface area (Å²) in [6.45, 7) is 1.85. The quantitative estimate of drug-likeness (QED) is 0.761. The monoisotopic (exact) mass is 362 g/mol. The van der Waals surface area contributed by atoms with Crippen LogP contribution >= 0.6 is 15.9 Å². The summed E-state index contributed by atoms with van der Waals surface area (Å²) in [6, 6.07) is 5.83. The molecule has 0 amide bonds. The van der Waals surface area contributed by atoms with Crippen LogP contribution in [0.15, 0.2) is 24.3 Å². The maximum absolute atomic E-state index is 13.1. The molecule has 0 unspecified atom stereocenters. The molecule has 1 heterocycles. The summed E-state index contributed by atoms with van der Waals surface area (Å²) in [4.78, 5) is 0. The third kappa shape index (κ3) is 3.78. The third-order valence-electron chi connectivity index (χ3n) is 2.98. The predicted octanol–water partition coefficient (Wildman–Crippen LogP) is 4.22. The lowest BCUT2D eigenvalue weighted by Crippen LogP contribution is -2.10. The molecule has 0 aliphatic carbocycles. The normalized spacial score (nSPS) is 11.7. The Balaban J connectivity index is 2.25. The molecule has 0 saturated heterocycles. The number of aryl methyl sites for hydroxylation is 2. The Morgan fingerprint density at radius 2 is 2.00 bits per heavy atom. The van der Waals surface area contributed by atoms with E-state index in [1.54, 1.807) is 23.9 Å². The number of aromatic nitrogens is 2. The molecule has 0 N–H and O–H groups in total. The SMILES string of the molecule is Cc1cc(COc2ccc(CBr)cc2C(F)(F)F)n(C)n1. The van der Waals surface area contributed by atoms with E-state index in [1.807, 2.05) is 6.92 Å². The molecular weight excluding hydrogens is 349 g/mol. The molecular formula is C14H14BrF3N2O. The molecule has 0 saturated carbocycles. The van der Waals surface area contributed by atoms with Crippen LogP contribution in [-0.4, -0.2) is 9.78 Å². The zero-order valence-corrected chi connectivity index (χ0v) is 13.1. The van der Waals surface area contributed by atoms with Crippen molar-refractivity contribution in [3.8, 4) is 5.75 Å². The van der Waals surface area contributed by atoms with E-state index in [0.717, 1.165) is 11.8 Å². The molecule has 3 nitrogen and oxygen atoms in total. The van der Waals surface area contributed by atoms with Crippen LogP contribution in [0.1, 0.15) is 22.5 Å². The van der Waals surface area contributed by atoms with Gasteiger partial charge in [0, 0.05) is 12.4 Å². The molecule has 0 spiro atoms. The van der Waals surface area contributed by atoms with Crippen molar-refractivity contribution in [1.29, 1.82) is 0 Å². The van der Waals surface area contributed by atoms with E-state index in [9.17, 15) is 13.2 Å². The largest absolute Gasteiger partial charge is 0.487 e. The summed E-state index contributed by atoms with van der Waals surface area (Å²) >= 11 is 3.15. The number of nitrogens with zero attached hydrogens (tertiary/aromatic N) is 2. The fourth-order valence-corrected chi connectivity index (χ4v) is 2.31. The highest BCUT2D eigenvalue weighted by Gasteiger charge is 2.34. The fourth-order valence-electron chi connectivity index (χ4n) is 1.96. The van der Waals surface area contributed by atoms with Crippen LogP contribution in [0.25, 0.3) is 0 Å². The number of alkyl halides is 4. The Morgan fingerprint density at radius 1 is 1.29 bits per heavy atom. The number of benzene rings is 1. The Labute approximate surface area is 128 Å². The van der Waals surface area contributed by atoms with Crippen LogP contribution in [0, 0.1) is 6.92 Å². The van der Waals surface area contributed by atoms with Gasteiger partial charge >= 0.3 is 6.18 Å². The van der Waals surface area contributed by atoms with Crippen molar-refractivity contribution in [2.45, 2.75) is 25.0 Å². The van der Waals surface area contributed by atoms with Gasteiger partial charge in [-0.05, 0) is 30.7 Å². The molecule has 0 aliphatic rings. The van der Waals surface area contributed by atoms with E-state index in [2.05, 4.69) is 21.0 Å². The summed E-state index contributed by atoms with van der Waals surface area (Å²) in [5.41, 5.74) is 1.29. The van der Waals surface area contributed by atoms with Crippen LogP contribution in [0.4, 0.5) is 13.2 Å². The molecule has 0 radical (unpaired) electrons. The second-order valence-corrected chi connectivity index (χ2v) is 5.21. The van der Waals surface area contributed by atoms with Crippen LogP contribution in [-0.2, 0) is 25.2 Å². The van der Waals surface area contributed by atoms with Crippen LogP contribution in [0.5, 0.6) is 5.75 Å². The van der Waals surface area contributed by atoms with Gasteiger partial charge in [0.25, 0.3) is 0 Å². The van der Waals surface area contributed by atoms with Crippen LogP contribution < -0.4 is 4.74 Å². The minimum atomic E-state index is -4.45. The number of halogens is 4. The molecule has 114 valence electrons. The Bertz CT molecular complexity index is 638. The first-order valence-electron chi connectivity index (χ1n) is 6.19. The van der Waals surface area contributed by atoms with Gasteiger partial charge in [-0.15, -0.1) is 0 Å². The van der Waals surface area contributed by atoms with Crippen molar-refractivity contribution >= 4 is 15.9 Å². The van der Waals surface area contributed by atoms with Gasteiger partial charge in [-0.25, -0.2) is 0 Å².